The average Bonchev–Trinajstić information content (AvgIpc) is 2.60. The molecular formula is C10H12F6N2OS. The summed E-state index contributed by atoms with van der Waals surface area (Å²) in [5.74, 6) is -6.73. The van der Waals surface area contributed by atoms with E-state index in [1.54, 1.807) is 5.32 Å². The highest BCUT2D eigenvalue weighted by Crippen LogP contribution is 2.39. The smallest absolute Gasteiger partial charge is 0.393 e. The van der Waals surface area contributed by atoms with Gasteiger partial charge in [0.15, 0.2) is 0 Å². The maximum Gasteiger partial charge on any atom is 0.409 e. The molecule has 3 N–H and O–H groups in total. The Morgan fingerprint density at radius 2 is 1.65 bits per heavy atom. The molecule has 0 saturated heterocycles. The predicted octanol–water partition coefficient (Wildman–Crippen LogP) is 2.30. The van der Waals surface area contributed by atoms with Crippen LogP contribution in [0.3, 0.4) is 0 Å². The molecule has 0 aromatic rings. The van der Waals surface area contributed by atoms with Crippen LogP contribution in [0.15, 0.2) is 0 Å². The topological polar surface area (TPSA) is 55.1 Å². The van der Waals surface area contributed by atoms with Crippen LogP contribution in [0.1, 0.15) is 19.3 Å². The fourth-order valence-electron chi connectivity index (χ4n) is 2.22. The van der Waals surface area contributed by atoms with Gasteiger partial charge in [-0.3, -0.25) is 4.79 Å². The van der Waals surface area contributed by atoms with E-state index in [4.69, 9.17) is 5.73 Å². The largest absolute Gasteiger partial charge is 0.409 e. The van der Waals surface area contributed by atoms with Gasteiger partial charge in [-0.2, -0.15) is 26.3 Å². The number of nitrogens with two attached hydrogens (primary N) is 1. The van der Waals surface area contributed by atoms with Gasteiger partial charge in [0.25, 0.3) is 0 Å². The summed E-state index contributed by atoms with van der Waals surface area (Å²) in [5.41, 5.74) is 5.35. The highest BCUT2D eigenvalue weighted by Gasteiger charge is 2.61. The van der Waals surface area contributed by atoms with E-state index in [1.807, 2.05) is 0 Å². The molecule has 116 valence electrons. The van der Waals surface area contributed by atoms with Gasteiger partial charge in [-0.1, -0.05) is 18.6 Å². The Kier molecular flexibility index (Phi) is 4.88. The normalized spacial score (nSPS) is 23.9. The van der Waals surface area contributed by atoms with Crippen molar-refractivity contribution in [2.75, 3.05) is 0 Å². The zero-order valence-electron chi connectivity index (χ0n) is 10.0. The summed E-state index contributed by atoms with van der Waals surface area (Å²) in [4.78, 5) is 11.3. The van der Waals surface area contributed by atoms with Gasteiger partial charge in [0.1, 0.15) is 0 Å². The molecule has 1 amide bonds. The summed E-state index contributed by atoms with van der Waals surface area (Å²) < 4.78 is 74.2. The third-order valence-corrected chi connectivity index (χ3v) is 3.43. The van der Waals surface area contributed by atoms with E-state index in [0.717, 1.165) is 0 Å². The number of carbonyl (C=O) groups excluding carboxylic acids is 1. The minimum Gasteiger partial charge on any atom is -0.393 e. The molecule has 0 bridgehead atoms. The number of rotatable bonds is 3. The molecule has 0 heterocycles. The van der Waals surface area contributed by atoms with Gasteiger partial charge in [-0.05, 0) is 12.8 Å². The van der Waals surface area contributed by atoms with Crippen LogP contribution in [0.2, 0.25) is 0 Å². The average molecular weight is 322 g/mol. The van der Waals surface area contributed by atoms with Crippen LogP contribution < -0.4 is 11.1 Å². The zero-order chi connectivity index (χ0) is 15.7. The van der Waals surface area contributed by atoms with Gasteiger partial charge in [-0.25, -0.2) is 0 Å². The standard InChI is InChI=1S/C10H12F6N2OS/c11-9(12,13)6(10(14,15)16)8(19)18-5-3-1-2-4(5)7(17)20/h4-6H,1-3H2,(H2,17,20)(H,18,19). The first kappa shape index (κ1) is 17.0. The van der Waals surface area contributed by atoms with Crippen molar-refractivity contribution in [2.45, 2.75) is 37.7 Å². The van der Waals surface area contributed by atoms with Crippen LogP contribution in [0.25, 0.3) is 0 Å². The summed E-state index contributed by atoms with van der Waals surface area (Å²) in [6, 6.07) is -0.882. The van der Waals surface area contributed by atoms with Gasteiger partial charge in [0.05, 0.1) is 4.99 Å². The molecule has 20 heavy (non-hydrogen) atoms. The van der Waals surface area contributed by atoms with Crippen molar-refractivity contribution < 1.29 is 31.1 Å². The fraction of sp³-hybridized carbons (Fsp3) is 0.800. The number of nitrogens with one attached hydrogen (secondary N) is 1. The van der Waals surface area contributed by atoms with Crippen LogP contribution in [-0.4, -0.2) is 29.3 Å². The molecule has 3 nitrogen and oxygen atoms in total. The number of hydrogen-bond acceptors (Lipinski definition) is 2. The Labute approximate surface area is 115 Å². The van der Waals surface area contributed by atoms with Crippen molar-refractivity contribution in [3.8, 4) is 0 Å². The van der Waals surface area contributed by atoms with E-state index in [-0.39, 0.29) is 11.4 Å². The first-order valence-electron chi connectivity index (χ1n) is 5.67. The quantitative estimate of drug-likeness (QED) is 0.619. The summed E-state index contributed by atoms with van der Waals surface area (Å²) in [6.45, 7) is 0. The molecule has 10 heteroatoms. The van der Waals surface area contributed by atoms with Gasteiger partial charge >= 0.3 is 12.4 Å². The molecule has 0 radical (unpaired) electrons. The van der Waals surface area contributed by atoms with Crippen LogP contribution in [-0.2, 0) is 4.79 Å². The van der Waals surface area contributed by atoms with E-state index < -0.39 is 36.1 Å². The first-order chi connectivity index (χ1) is 8.94. The minimum atomic E-state index is -5.69. The molecular weight excluding hydrogens is 310 g/mol. The van der Waals surface area contributed by atoms with Crippen molar-refractivity contribution >= 4 is 23.1 Å². The fourth-order valence-corrected chi connectivity index (χ4v) is 2.50. The molecule has 0 aromatic heterocycles. The second-order valence-electron chi connectivity index (χ2n) is 4.57. The second kappa shape index (κ2) is 5.74. The maximum atomic E-state index is 12.4. The third kappa shape index (κ3) is 3.97. The maximum absolute atomic E-state index is 12.4. The van der Waals surface area contributed by atoms with Gasteiger partial charge in [0, 0.05) is 12.0 Å². The second-order valence-corrected chi connectivity index (χ2v) is 5.04. The highest BCUT2D eigenvalue weighted by molar-refractivity contribution is 7.80. The molecule has 0 aromatic carbocycles. The summed E-state index contributed by atoms with van der Waals surface area (Å²) >= 11 is 4.68. The van der Waals surface area contributed by atoms with Crippen LogP contribution in [0.4, 0.5) is 26.3 Å². The van der Waals surface area contributed by atoms with Gasteiger partial charge < -0.3 is 11.1 Å². The van der Waals surface area contributed by atoms with Crippen molar-refractivity contribution in [1.29, 1.82) is 0 Å². The lowest BCUT2D eigenvalue weighted by atomic mass is 10.0. The molecule has 0 aliphatic heterocycles. The number of alkyl halides is 6. The Morgan fingerprint density at radius 3 is 2.05 bits per heavy atom. The Balaban J connectivity index is 2.85. The molecule has 1 aliphatic carbocycles. The van der Waals surface area contributed by atoms with E-state index in [1.165, 1.54) is 0 Å². The summed E-state index contributed by atoms with van der Waals surface area (Å²) in [5, 5.41) is 1.78. The SMILES string of the molecule is NC(=S)C1CCCC1NC(=O)C(C(F)(F)F)C(F)(F)F. The lowest BCUT2D eigenvalue weighted by Crippen LogP contribution is -2.52. The zero-order valence-corrected chi connectivity index (χ0v) is 10.8. The minimum absolute atomic E-state index is 0.0247. The summed E-state index contributed by atoms with van der Waals surface area (Å²) in [6.07, 6.45) is -10.2. The van der Waals surface area contributed by atoms with Crippen molar-refractivity contribution in [3.05, 3.63) is 0 Å². The number of carbonyl (C=O) groups is 1. The van der Waals surface area contributed by atoms with Crippen molar-refractivity contribution in [3.63, 3.8) is 0 Å². The number of hydrogen-bond donors (Lipinski definition) is 2. The molecule has 2 unspecified atom stereocenters. The lowest BCUT2D eigenvalue weighted by Gasteiger charge is -2.26. The number of amides is 1. The highest BCUT2D eigenvalue weighted by atomic mass is 32.1. The van der Waals surface area contributed by atoms with E-state index in [0.29, 0.717) is 12.8 Å². The van der Waals surface area contributed by atoms with E-state index >= 15 is 0 Å². The van der Waals surface area contributed by atoms with E-state index in [9.17, 15) is 31.1 Å². The Morgan fingerprint density at radius 1 is 1.15 bits per heavy atom. The van der Waals surface area contributed by atoms with Crippen molar-refractivity contribution in [1.82, 2.24) is 5.32 Å². The van der Waals surface area contributed by atoms with Crippen LogP contribution in [0.5, 0.6) is 0 Å². The lowest BCUT2D eigenvalue weighted by molar-refractivity contribution is -0.274. The summed E-state index contributed by atoms with van der Waals surface area (Å²) in [7, 11) is 0. The Bertz CT molecular complexity index is 380. The third-order valence-electron chi connectivity index (χ3n) is 3.13. The molecule has 1 rings (SSSR count). The molecule has 0 spiro atoms. The van der Waals surface area contributed by atoms with E-state index in [2.05, 4.69) is 12.2 Å². The predicted molar refractivity (Wildman–Crippen MR) is 61.7 cm³/mol. The molecule has 1 fully saturated rings. The van der Waals surface area contributed by atoms with Gasteiger partial charge in [-0.15, -0.1) is 0 Å². The van der Waals surface area contributed by atoms with Crippen LogP contribution >= 0.6 is 12.2 Å². The number of thiocarbonyl (C=S) groups is 1. The van der Waals surface area contributed by atoms with Gasteiger partial charge in [0.2, 0.25) is 11.8 Å². The van der Waals surface area contributed by atoms with Crippen molar-refractivity contribution in [2.24, 2.45) is 17.6 Å². The Hall–Kier alpha value is -1.06. The first-order valence-corrected chi connectivity index (χ1v) is 6.08. The van der Waals surface area contributed by atoms with Crippen LogP contribution in [0, 0.1) is 11.8 Å². The number of halogens is 6. The molecule has 2 atom stereocenters. The molecule has 1 aliphatic rings. The monoisotopic (exact) mass is 322 g/mol. The molecule has 1 saturated carbocycles.